The van der Waals surface area contributed by atoms with Gasteiger partial charge in [-0.2, -0.15) is 0 Å². The van der Waals surface area contributed by atoms with Gasteiger partial charge in [-0.05, 0) is 17.7 Å². The summed E-state index contributed by atoms with van der Waals surface area (Å²) < 4.78 is 10.3. The van der Waals surface area contributed by atoms with Crippen molar-refractivity contribution in [1.29, 1.82) is 0 Å². The van der Waals surface area contributed by atoms with Crippen LogP contribution in [0.4, 0.5) is 0 Å². The number of thioether (sulfide) groups is 1. The molecule has 0 aliphatic carbocycles. The van der Waals surface area contributed by atoms with Crippen LogP contribution in [0, 0.1) is 0 Å². The van der Waals surface area contributed by atoms with Crippen molar-refractivity contribution in [3.05, 3.63) is 29.8 Å². The summed E-state index contributed by atoms with van der Waals surface area (Å²) in [5.41, 5.74) is 7.41. The highest BCUT2D eigenvalue weighted by molar-refractivity contribution is 8.00. The predicted octanol–water partition coefficient (Wildman–Crippen LogP) is 2.22. The number of nitrogens with two attached hydrogens (primary N) is 1. The van der Waals surface area contributed by atoms with Gasteiger partial charge in [-0.15, -0.1) is 11.8 Å². The Labute approximate surface area is 107 Å². The maximum Gasteiger partial charge on any atom is 0.118 e. The summed E-state index contributed by atoms with van der Waals surface area (Å²) in [7, 11) is 1.67. The Balaban J connectivity index is 1.94. The first kappa shape index (κ1) is 12.7. The van der Waals surface area contributed by atoms with Gasteiger partial charge in [0, 0.05) is 11.3 Å². The lowest BCUT2D eigenvalue weighted by Gasteiger charge is -2.30. The maximum atomic E-state index is 6.25. The zero-order chi connectivity index (χ0) is 12.3. The van der Waals surface area contributed by atoms with Crippen molar-refractivity contribution >= 4 is 11.8 Å². The highest BCUT2D eigenvalue weighted by Gasteiger charge is 2.25. The first-order valence-corrected chi connectivity index (χ1v) is 6.77. The van der Waals surface area contributed by atoms with E-state index in [1.54, 1.807) is 7.11 Å². The van der Waals surface area contributed by atoms with Crippen LogP contribution in [0.25, 0.3) is 0 Å². The van der Waals surface area contributed by atoms with Crippen molar-refractivity contribution in [3.8, 4) is 5.75 Å². The highest BCUT2D eigenvalue weighted by atomic mass is 32.2. The molecule has 94 valence electrons. The van der Waals surface area contributed by atoms with Crippen molar-refractivity contribution in [2.45, 2.75) is 23.5 Å². The number of rotatable bonds is 5. The Morgan fingerprint density at radius 3 is 2.47 bits per heavy atom. The van der Waals surface area contributed by atoms with Crippen LogP contribution in [0.3, 0.4) is 0 Å². The van der Waals surface area contributed by atoms with Crippen molar-refractivity contribution in [2.75, 3.05) is 20.3 Å². The summed E-state index contributed by atoms with van der Waals surface area (Å²) in [6, 6.07) is 8.06. The van der Waals surface area contributed by atoms with E-state index in [4.69, 9.17) is 15.2 Å². The van der Waals surface area contributed by atoms with Gasteiger partial charge in [0.25, 0.3) is 0 Å². The second kappa shape index (κ2) is 5.76. The van der Waals surface area contributed by atoms with E-state index in [9.17, 15) is 0 Å². The largest absolute Gasteiger partial charge is 0.497 e. The minimum atomic E-state index is 0.0616. The standard InChI is InChI=1S/C13H19NO2S/c1-9(17-12-7-16-8-12)13(14)10-3-5-11(15-2)6-4-10/h3-6,9,12-13H,7-8,14H2,1-2H3. The third-order valence-electron chi connectivity index (χ3n) is 3.02. The summed E-state index contributed by atoms with van der Waals surface area (Å²) in [4.78, 5) is 0. The van der Waals surface area contributed by atoms with Crippen molar-refractivity contribution in [1.82, 2.24) is 0 Å². The topological polar surface area (TPSA) is 44.5 Å². The average Bonchev–Trinajstić information content (AvgIpc) is 2.32. The van der Waals surface area contributed by atoms with Gasteiger partial charge in [0.15, 0.2) is 0 Å². The number of benzene rings is 1. The molecule has 17 heavy (non-hydrogen) atoms. The maximum absolute atomic E-state index is 6.25. The van der Waals surface area contributed by atoms with Crippen molar-refractivity contribution in [3.63, 3.8) is 0 Å². The highest BCUT2D eigenvalue weighted by Crippen LogP contribution is 2.31. The molecule has 1 aromatic carbocycles. The molecule has 0 radical (unpaired) electrons. The summed E-state index contributed by atoms with van der Waals surface area (Å²) >= 11 is 1.92. The average molecular weight is 253 g/mol. The first-order valence-electron chi connectivity index (χ1n) is 5.83. The molecular weight excluding hydrogens is 234 g/mol. The van der Waals surface area contributed by atoms with E-state index in [1.165, 1.54) is 0 Å². The molecule has 3 nitrogen and oxygen atoms in total. The number of methoxy groups -OCH3 is 1. The molecule has 2 atom stereocenters. The van der Waals surface area contributed by atoms with E-state index in [2.05, 4.69) is 6.92 Å². The molecule has 2 N–H and O–H groups in total. The third kappa shape index (κ3) is 3.15. The SMILES string of the molecule is COc1ccc(C(N)C(C)SC2COC2)cc1. The number of ether oxygens (including phenoxy) is 2. The molecule has 0 amide bonds. The Bertz CT molecular complexity index is 351. The molecule has 1 saturated heterocycles. The molecule has 1 aromatic rings. The molecule has 0 bridgehead atoms. The predicted molar refractivity (Wildman–Crippen MR) is 71.6 cm³/mol. The molecule has 0 spiro atoms. The van der Waals surface area contributed by atoms with Crippen LogP contribution in [0.1, 0.15) is 18.5 Å². The molecule has 1 aliphatic heterocycles. The molecule has 0 aromatic heterocycles. The van der Waals surface area contributed by atoms with Gasteiger partial charge in [-0.25, -0.2) is 0 Å². The summed E-state index contributed by atoms with van der Waals surface area (Å²) in [5.74, 6) is 0.869. The van der Waals surface area contributed by atoms with Crippen LogP contribution < -0.4 is 10.5 Å². The first-order chi connectivity index (χ1) is 8.20. The van der Waals surface area contributed by atoms with Crippen LogP contribution in [0.15, 0.2) is 24.3 Å². The number of hydrogen-bond donors (Lipinski definition) is 1. The van der Waals surface area contributed by atoms with Gasteiger partial charge < -0.3 is 15.2 Å². The van der Waals surface area contributed by atoms with Gasteiger partial charge >= 0.3 is 0 Å². The van der Waals surface area contributed by atoms with Gasteiger partial charge in [-0.1, -0.05) is 19.1 Å². The summed E-state index contributed by atoms with van der Waals surface area (Å²) in [6.45, 7) is 3.91. The lowest BCUT2D eigenvalue weighted by molar-refractivity contribution is 0.0453. The Morgan fingerprint density at radius 2 is 2.00 bits per heavy atom. The van der Waals surface area contributed by atoms with E-state index in [0.29, 0.717) is 10.5 Å². The second-order valence-corrected chi connectivity index (χ2v) is 5.98. The Morgan fingerprint density at radius 1 is 1.35 bits per heavy atom. The van der Waals surface area contributed by atoms with Gasteiger partial charge in [0.05, 0.1) is 25.6 Å². The van der Waals surface area contributed by atoms with Crippen LogP contribution >= 0.6 is 11.8 Å². The number of hydrogen-bond acceptors (Lipinski definition) is 4. The zero-order valence-corrected chi connectivity index (χ0v) is 11.1. The Hall–Kier alpha value is -0.710. The minimum Gasteiger partial charge on any atom is -0.497 e. The lowest BCUT2D eigenvalue weighted by Crippen LogP contribution is -2.34. The molecule has 1 heterocycles. The van der Waals surface area contributed by atoms with Crippen LogP contribution in [0.5, 0.6) is 5.75 Å². The monoisotopic (exact) mass is 253 g/mol. The Kier molecular flexibility index (Phi) is 4.31. The van der Waals surface area contributed by atoms with Gasteiger partial charge in [0.2, 0.25) is 0 Å². The van der Waals surface area contributed by atoms with E-state index < -0.39 is 0 Å². The fourth-order valence-electron chi connectivity index (χ4n) is 1.78. The van der Waals surface area contributed by atoms with Gasteiger partial charge in [0.1, 0.15) is 5.75 Å². The van der Waals surface area contributed by atoms with E-state index in [-0.39, 0.29) is 6.04 Å². The van der Waals surface area contributed by atoms with Crippen LogP contribution in [-0.4, -0.2) is 30.8 Å². The third-order valence-corrected chi connectivity index (χ3v) is 4.40. The van der Waals surface area contributed by atoms with Crippen LogP contribution in [-0.2, 0) is 4.74 Å². The van der Waals surface area contributed by atoms with E-state index in [0.717, 1.165) is 24.5 Å². The lowest BCUT2D eigenvalue weighted by atomic mass is 10.1. The van der Waals surface area contributed by atoms with Crippen molar-refractivity contribution < 1.29 is 9.47 Å². The van der Waals surface area contributed by atoms with E-state index in [1.807, 2.05) is 36.0 Å². The zero-order valence-electron chi connectivity index (χ0n) is 10.3. The van der Waals surface area contributed by atoms with Crippen molar-refractivity contribution in [2.24, 2.45) is 5.73 Å². The molecule has 2 rings (SSSR count). The van der Waals surface area contributed by atoms with E-state index >= 15 is 0 Å². The van der Waals surface area contributed by atoms with Gasteiger partial charge in [-0.3, -0.25) is 0 Å². The molecule has 0 saturated carbocycles. The minimum absolute atomic E-state index is 0.0616. The summed E-state index contributed by atoms with van der Waals surface area (Å²) in [6.07, 6.45) is 0. The molecule has 4 heteroatoms. The fraction of sp³-hybridized carbons (Fsp3) is 0.538. The molecule has 1 aliphatic rings. The molecule has 2 unspecified atom stereocenters. The molecule has 1 fully saturated rings. The quantitative estimate of drug-likeness (QED) is 0.874. The second-order valence-electron chi connectivity index (χ2n) is 4.30. The fourth-order valence-corrected chi connectivity index (χ4v) is 3.06. The smallest absolute Gasteiger partial charge is 0.118 e. The van der Waals surface area contributed by atoms with Crippen LogP contribution in [0.2, 0.25) is 0 Å². The summed E-state index contributed by atoms with van der Waals surface area (Å²) in [5, 5.41) is 1.02. The molecular formula is C13H19NO2S. The normalized spacial score (nSPS) is 19.5.